The maximum Gasteiger partial charge on any atom is 0.250 e. The summed E-state index contributed by atoms with van der Waals surface area (Å²) < 4.78 is 2.98. The summed E-state index contributed by atoms with van der Waals surface area (Å²) in [7, 11) is 1.93. The average Bonchev–Trinajstić information content (AvgIpc) is 2.56. The summed E-state index contributed by atoms with van der Waals surface area (Å²) in [4.78, 5) is 11.3. The van der Waals surface area contributed by atoms with E-state index in [0.717, 1.165) is 21.4 Å². The van der Waals surface area contributed by atoms with E-state index in [1.165, 1.54) is 0 Å². The van der Waals surface area contributed by atoms with Gasteiger partial charge in [0, 0.05) is 22.9 Å². The van der Waals surface area contributed by atoms with E-state index in [4.69, 9.17) is 5.73 Å². The van der Waals surface area contributed by atoms with Crippen LogP contribution in [0.3, 0.4) is 0 Å². The number of rotatable bonds is 2. The molecular formula is C13H13BrN2O. The second-order valence-electron chi connectivity index (χ2n) is 3.96. The fourth-order valence-electron chi connectivity index (χ4n) is 1.87. The number of carbonyl (C=O) groups is 1. The molecule has 0 aliphatic carbocycles. The standard InChI is InChI=1S/C13H13BrN2O/c1-8-11(13(15)17)7-12(16(8)2)9-4-3-5-10(14)6-9/h3-7H,1-2H3,(H2,15,17). The molecule has 0 aliphatic heterocycles. The molecule has 2 N–H and O–H groups in total. The Hall–Kier alpha value is -1.55. The Labute approximate surface area is 108 Å². The minimum Gasteiger partial charge on any atom is -0.366 e. The molecule has 4 heteroatoms. The van der Waals surface area contributed by atoms with E-state index in [2.05, 4.69) is 15.9 Å². The van der Waals surface area contributed by atoms with Crippen LogP contribution in [-0.4, -0.2) is 10.5 Å². The zero-order chi connectivity index (χ0) is 12.6. The molecule has 1 amide bonds. The minimum atomic E-state index is -0.389. The summed E-state index contributed by atoms with van der Waals surface area (Å²) >= 11 is 3.44. The van der Waals surface area contributed by atoms with Crippen LogP contribution in [0.5, 0.6) is 0 Å². The lowest BCUT2D eigenvalue weighted by Crippen LogP contribution is -2.11. The van der Waals surface area contributed by atoms with Crippen molar-refractivity contribution >= 4 is 21.8 Å². The van der Waals surface area contributed by atoms with Crippen molar-refractivity contribution in [3.63, 3.8) is 0 Å². The number of hydrogen-bond acceptors (Lipinski definition) is 1. The molecule has 0 atom stereocenters. The van der Waals surface area contributed by atoms with Gasteiger partial charge >= 0.3 is 0 Å². The molecule has 1 aromatic heterocycles. The third-order valence-corrected chi connectivity index (χ3v) is 3.41. The molecule has 2 rings (SSSR count). The van der Waals surface area contributed by atoms with Gasteiger partial charge in [-0.05, 0) is 30.7 Å². The Morgan fingerprint density at radius 3 is 2.59 bits per heavy atom. The third kappa shape index (κ3) is 2.13. The summed E-state index contributed by atoms with van der Waals surface area (Å²) in [6.07, 6.45) is 0. The number of primary amides is 1. The van der Waals surface area contributed by atoms with Crippen molar-refractivity contribution in [3.05, 3.63) is 46.1 Å². The van der Waals surface area contributed by atoms with Gasteiger partial charge in [0.05, 0.1) is 5.56 Å². The molecule has 17 heavy (non-hydrogen) atoms. The number of halogens is 1. The molecule has 1 aromatic carbocycles. The van der Waals surface area contributed by atoms with E-state index in [0.29, 0.717) is 5.56 Å². The van der Waals surface area contributed by atoms with Crippen LogP contribution in [0.4, 0.5) is 0 Å². The number of aromatic nitrogens is 1. The Morgan fingerprint density at radius 2 is 2.06 bits per heavy atom. The lowest BCUT2D eigenvalue weighted by Gasteiger charge is -2.05. The predicted molar refractivity (Wildman–Crippen MR) is 71.8 cm³/mol. The van der Waals surface area contributed by atoms with Crippen LogP contribution in [0.1, 0.15) is 16.1 Å². The summed E-state index contributed by atoms with van der Waals surface area (Å²) in [6.45, 7) is 1.89. The quantitative estimate of drug-likeness (QED) is 0.909. The predicted octanol–water partition coefficient (Wildman–Crippen LogP) is 2.86. The van der Waals surface area contributed by atoms with E-state index < -0.39 is 0 Å². The Balaban J connectivity index is 2.61. The topological polar surface area (TPSA) is 48.0 Å². The fourth-order valence-corrected chi connectivity index (χ4v) is 2.27. The molecule has 1 heterocycles. The normalized spacial score (nSPS) is 10.5. The molecule has 3 nitrogen and oxygen atoms in total. The van der Waals surface area contributed by atoms with Gasteiger partial charge in [0.2, 0.25) is 0 Å². The highest BCUT2D eigenvalue weighted by atomic mass is 79.9. The molecular weight excluding hydrogens is 280 g/mol. The number of benzene rings is 1. The van der Waals surface area contributed by atoms with Crippen LogP contribution < -0.4 is 5.73 Å². The van der Waals surface area contributed by atoms with Crippen LogP contribution in [0.25, 0.3) is 11.3 Å². The fraction of sp³-hybridized carbons (Fsp3) is 0.154. The highest BCUT2D eigenvalue weighted by Gasteiger charge is 2.14. The Bertz CT molecular complexity index is 587. The number of nitrogens with two attached hydrogens (primary N) is 1. The third-order valence-electron chi connectivity index (χ3n) is 2.92. The van der Waals surface area contributed by atoms with E-state index >= 15 is 0 Å². The van der Waals surface area contributed by atoms with Gasteiger partial charge in [-0.25, -0.2) is 0 Å². The van der Waals surface area contributed by atoms with Gasteiger partial charge in [-0.2, -0.15) is 0 Å². The van der Waals surface area contributed by atoms with E-state index in [1.807, 2.05) is 48.9 Å². The number of carbonyl (C=O) groups excluding carboxylic acids is 1. The highest BCUT2D eigenvalue weighted by Crippen LogP contribution is 2.26. The maximum absolute atomic E-state index is 11.3. The van der Waals surface area contributed by atoms with Crippen LogP contribution in [0.15, 0.2) is 34.8 Å². The molecule has 0 saturated carbocycles. The van der Waals surface area contributed by atoms with Crippen molar-refractivity contribution in [2.24, 2.45) is 12.8 Å². The first kappa shape index (κ1) is 11.9. The highest BCUT2D eigenvalue weighted by molar-refractivity contribution is 9.10. The van der Waals surface area contributed by atoms with E-state index in [9.17, 15) is 4.79 Å². The van der Waals surface area contributed by atoms with E-state index in [-0.39, 0.29) is 5.91 Å². The molecule has 0 aliphatic rings. The van der Waals surface area contributed by atoms with Crippen molar-refractivity contribution in [1.29, 1.82) is 0 Å². The zero-order valence-electron chi connectivity index (χ0n) is 9.70. The molecule has 0 fully saturated rings. The molecule has 88 valence electrons. The van der Waals surface area contributed by atoms with E-state index in [1.54, 1.807) is 0 Å². The molecule has 0 bridgehead atoms. The average molecular weight is 293 g/mol. The summed E-state index contributed by atoms with van der Waals surface area (Å²) in [5.41, 5.74) is 8.83. The van der Waals surface area contributed by atoms with Gasteiger partial charge in [-0.1, -0.05) is 28.1 Å². The second kappa shape index (κ2) is 4.37. The monoisotopic (exact) mass is 292 g/mol. The van der Waals surface area contributed by atoms with Crippen LogP contribution in [0, 0.1) is 6.92 Å². The molecule has 0 saturated heterocycles. The van der Waals surface area contributed by atoms with Gasteiger partial charge in [-0.15, -0.1) is 0 Å². The van der Waals surface area contributed by atoms with Gasteiger partial charge in [0.15, 0.2) is 0 Å². The Morgan fingerprint density at radius 1 is 1.35 bits per heavy atom. The number of nitrogens with zero attached hydrogens (tertiary/aromatic N) is 1. The first-order valence-corrected chi connectivity index (χ1v) is 6.02. The van der Waals surface area contributed by atoms with Gasteiger partial charge in [0.25, 0.3) is 5.91 Å². The smallest absolute Gasteiger partial charge is 0.250 e. The van der Waals surface area contributed by atoms with Crippen molar-refractivity contribution in [2.45, 2.75) is 6.92 Å². The zero-order valence-corrected chi connectivity index (χ0v) is 11.3. The minimum absolute atomic E-state index is 0.389. The number of hydrogen-bond donors (Lipinski definition) is 1. The second-order valence-corrected chi connectivity index (χ2v) is 4.88. The van der Waals surface area contributed by atoms with Crippen molar-refractivity contribution in [1.82, 2.24) is 4.57 Å². The summed E-state index contributed by atoms with van der Waals surface area (Å²) in [6, 6.07) is 9.78. The van der Waals surface area contributed by atoms with Gasteiger partial charge in [0.1, 0.15) is 0 Å². The summed E-state index contributed by atoms with van der Waals surface area (Å²) in [5, 5.41) is 0. The summed E-state index contributed by atoms with van der Waals surface area (Å²) in [5.74, 6) is -0.389. The Kier molecular flexibility index (Phi) is 3.07. The lowest BCUT2D eigenvalue weighted by molar-refractivity contribution is 0.0999. The molecule has 0 unspecified atom stereocenters. The molecule has 2 aromatic rings. The van der Waals surface area contributed by atoms with Crippen LogP contribution in [-0.2, 0) is 7.05 Å². The molecule has 0 spiro atoms. The van der Waals surface area contributed by atoms with Crippen molar-refractivity contribution < 1.29 is 4.79 Å². The SMILES string of the molecule is Cc1c(C(N)=O)cc(-c2cccc(Br)c2)n1C. The van der Waals surface area contributed by atoms with Crippen LogP contribution >= 0.6 is 15.9 Å². The van der Waals surface area contributed by atoms with Crippen LogP contribution in [0.2, 0.25) is 0 Å². The van der Waals surface area contributed by atoms with Gasteiger partial charge < -0.3 is 10.3 Å². The first-order valence-electron chi connectivity index (χ1n) is 5.22. The van der Waals surface area contributed by atoms with Crippen molar-refractivity contribution in [3.8, 4) is 11.3 Å². The molecule has 0 radical (unpaired) electrons. The van der Waals surface area contributed by atoms with Gasteiger partial charge in [-0.3, -0.25) is 4.79 Å². The largest absolute Gasteiger partial charge is 0.366 e. The lowest BCUT2D eigenvalue weighted by atomic mass is 10.1. The maximum atomic E-state index is 11.3. The van der Waals surface area contributed by atoms with Crippen molar-refractivity contribution in [2.75, 3.05) is 0 Å². The number of amides is 1. The first-order chi connectivity index (χ1) is 8.00.